The molecule has 0 amide bonds. The van der Waals surface area contributed by atoms with E-state index in [1.165, 1.54) is 26.3 Å². The second kappa shape index (κ2) is 6.27. The monoisotopic (exact) mass is 329 g/mol. The molecule has 0 saturated heterocycles. The first-order valence-corrected chi connectivity index (χ1v) is 6.63. The SMILES string of the molecule is CCOC(=O)c1cnn(-c2ccnc(OC)c2C)c1C(F)(F)F. The van der Waals surface area contributed by atoms with E-state index in [0.29, 0.717) is 10.2 Å². The maximum absolute atomic E-state index is 13.4. The first kappa shape index (κ1) is 16.8. The molecule has 0 unspecified atom stereocenters. The van der Waals surface area contributed by atoms with Gasteiger partial charge in [0.15, 0.2) is 5.69 Å². The molecule has 2 aromatic rings. The van der Waals surface area contributed by atoms with Crippen molar-refractivity contribution in [3.05, 3.63) is 35.3 Å². The van der Waals surface area contributed by atoms with Gasteiger partial charge in [-0.2, -0.15) is 18.3 Å². The number of ether oxygens (including phenoxy) is 2. The number of carbonyl (C=O) groups excluding carboxylic acids is 1. The van der Waals surface area contributed by atoms with E-state index >= 15 is 0 Å². The van der Waals surface area contributed by atoms with Gasteiger partial charge >= 0.3 is 12.1 Å². The van der Waals surface area contributed by atoms with Crippen LogP contribution in [0.5, 0.6) is 5.88 Å². The number of nitrogens with zero attached hydrogens (tertiary/aromatic N) is 3. The third-order valence-corrected chi connectivity index (χ3v) is 3.08. The minimum absolute atomic E-state index is 0.0383. The lowest BCUT2D eigenvalue weighted by Crippen LogP contribution is -2.19. The van der Waals surface area contributed by atoms with E-state index in [2.05, 4.69) is 14.8 Å². The van der Waals surface area contributed by atoms with Gasteiger partial charge in [-0.3, -0.25) is 0 Å². The van der Waals surface area contributed by atoms with Crippen molar-refractivity contribution in [3.8, 4) is 11.6 Å². The molecule has 9 heteroatoms. The molecular formula is C14H14F3N3O3. The van der Waals surface area contributed by atoms with Crippen LogP contribution in [-0.4, -0.2) is 34.5 Å². The molecule has 0 aliphatic carbocycles. The van der Waals surface area contributed by atoms with Gasteiger partial charge in [-0.1, -0.05) is 0 Å². The smallest absolute Gasteiger partial charge is 0.434 e. The highest BCUT2D eigenvalue weighted by atomic mass is 19.4. The second-order valence-electron chi connectivity index (χ2n) is 4.50. The molecule has 0 fully saturated rings. The molecule has 0 aromatic carbocycles. The average molecular weight is 329 g/mol. The van der Waals surface area contributed by atoms with Crippen LogP contribution in [0.15, 0.2) is 18.5 Å². The van der Waals surface area contributed by atoms with Crippen LogP contribution in [0.3, 0.4) is 0 Å². The van der Waals surface area contributed by atoms with Crippen molar-refractivity contribution in [1.29, 1.82) is 0 Å². The van der Waals surface area contributed by atoms with Crippen molar-refractivity contribution < 1.29 is 27.4 Å². The molecule has 0 aliphatic rings. The van der Waals surface area contributed by atoms with Crippen LogP contribution in [0, 0.1) is 6.92 Å². The molecule has 0 saturated carbocycles. The third-order valence-electron chi connectivity index (χ3n) is 3.08. The fourth-order valence-corrected chi connectivity index (χ4v) is 2.10. The predicted molar refractivity (Wildman–Crippen MR) is 73.6 cm³/mol. The Labute approximate surface area is 129 Å². The fraction of sp³-hybridized carbons (Fsp3) is 0.357. The summed E-state index contributed by atoms with van der Waals surface area (Å²) >= 11 is 0. The molecule has 6 nitrogen and oxygen atoms in total. The summed E-state index contributed by atoms with van der Waals surface area (Å²) in [6, 6.07) is 1.36. The molecule has 2 aromatic heterocycles. The number of aromatic nitrogens is 3. The number of carbonyl (C=O) groups is 1. The zero-order valence-corrected chi connectivity index (χ0v) is 12.6. The first-order chi connectivity index (χ1) is 10.8. The number of hydrogen-bond acceptors (Lipinski definition) is 5. The molecule has 0 N–H and O–H groups in total. The Morgan fingerprint density at radius 2 is 2.09 bits per heavy atom. The van der Waals surface area contributed by atoms with E-state index in [-0.39, 0.29) is 18.2 Å². The van der Waals surface area contributed by atoms with Crippen LogP contribution in [0.1, 0.15) is 28.5 Å². The highest BCUT2D eigenvalue weighted by Gasteiger charge is 2.41. The van der Waals surface area contributed by atoms with Gasteiger partial charge in [-0.05, 0) is 19.9 Å². The summed E-state index contributed by atoms with van der Waals surface area (Å²) in [5, 5.41) is 3.70. The Balaban J connectivity index is 2.67. The van der Waals surface area contributed by atoms with Crippen LogP contribution in [0.4, 0.5) is 13.2 Å². The van der Waals surface area contributed by atoms with Gasteiger partial charge in [0.05, 0.1) is 25.6 Å². The Kier molecular flexibility index (Phi) is 4.57. The van der Waals surface area contributed by atoms with Crippen molar-refractivity contribution in [2.45, 2.75) is 20.0 Å². The molecule has 0 radical (unpaired) electrons. The van der Waals surface area contributed by atoms with Crippen LogP contribution >= 0.6 is 0 Å². The Hall–Kier alpha value is -2.58. The van der Waals surface area contributed by atoms with E-state index < -0.39 is 23.4 Å². The highest BCUT2D eigenvalue weighted by molar-refractivity contribution is 5.90. The van der Waals surface area contributed by atoms with E-state index in [0.717, 1.165) is 6.20 Å². The van der Waals surface area contributed by atoms with Gasteiger partial charge in [0.2, 0.25) is 5.88 Å². The normalized spacial score (nSPS) is 11.4. The van der Waals surface area contributed by atoms with Crippen molar-refractivity contribution in [3.63, 3.8) is 0 Å². The number of methoxy groups -OCH3 is 1. The largest absolute Gasteiger partial charge is 0.481 e. The maximum atomic E-state index is 13.4. The standard InChI is InChI=1S/C14H14F3N3O3/c1-4-23-13(21)9-7-19-20(11(9)14(15,16)17)10-5-6-18-12(22-3)8(10)2/h5-7H,4H2,1-3H3. The minimum atomic E-state index is -4.79. The maximum Gasteiger partial charge on any atom is 0.434 e. The number of rotatable bonds is 4. The number of halogens is 3. The number of esters is 1. The summed E-state index contributed by atoms with van der Waals surface area (Å²) in [4.78, 5) is 15.7. The minimum Gasteiger partial charge on any atom is -0.481 e. The van der Waals surface area contributed by atoms with Crippen molar-refractivity contribution in [2.24, 2.45) is 0 Å². The molecule has 0 bridgehead atoms. The van der Waals surface area contributed by atoms with Gasteiger partial charge in [0.25, 0.3) is 0 Å². The summed E-state index contributed by atoms with van der Waals surface area (Å²) in [6.07, 6.45) is -2.65. The second-order valence-corrected chi connectivity index (χ2v) is 4.50. The van der Waals surface area contributed by atoms with E-state index in [1.54, 1.807) is 6.92 Å². The lowest BCUT2D eigenvalue weighted by atomic mass is 10.2. The van der Waals surface area contributed by atoms with Gasteiger partial charge in [-0.25, -0.2) is 14.5 Å². The predicted octanol–water partition coefficient (Wildman–Crippen LogP) is 2.78. The topological polar surface area (TPSA) is 66.2 Å². The summed E-state index contributed by atoms with van der Waals surface area (Å²) in [6.45, 7) is 3.02. The summed E-state index contributed by atoms with van der Waals surface area (Å²) in [5.74, 6) is -0.909. The average Bonchev–Trinajstić information content (AvgIpc) is 2.92. The summed E-state index contributed by atoms with van der Waals surface area (Å²) in [7, 11) is 1.36. The van der Waals surface area contributed by atoms with Crippen molar-refractivity contribution >= 4 is 5.97 Å². The molecule has 0 spiro atoms. The summed E-state index contributed by atoms with van der Waals surface area (Å²) < 4.78 is 50.6. The van der Waals surface area contributed by atoms with E-state index in [4.69, 9.17) is 4.74 Å². The Bertz CT molecular complexity index is 726. The van der Waals surface area contributed by atoms with Gasteiger partial charge < -0.3 is 9.47 Å². The number of pyridine rings is 1. The molecule has 124 valence electrons. The van der Waals surface area contributed by atoms with Crippen LogP contribution < -0.4 is 4.74 Å². The highest BCUT2D eigenvalue weighted by Crippen LogP contribution is 2.35. The molecule has 23 heavy (non-hydrogen) atoms. The van der Waals surface area contributed by atoms with Crippen molar-refractivity contribution in [2.75, 3.05) is 13.7 Å². The fourth-order valence-electron chi connectivity index (χ4n) is 2.10. The number of alkyl halides is 3. The van der Waals surface area contributed by atoms with Gasteiger partial charge in [0, 0.05) is 11.8 Å². The Morgan fingerprint density at radius 3 is 2.65 bits per heavy atom. The lowest BCUT2D eigenvalue weighted by molar-refractivity contribution is -0.143. The van der Waals surface area contributed by atoms with E-state index in [9.17, 15) is 18.0 Å². The number of hydrogen-bond donors (Lipinski definition) is 0. The quantitative estimate of drug-likeness (QED) is 0.807. The lowest BCUT2D eigenvalue weighted by Gasteiger charge is -2.15. The van der Waals surface area contributed by atoms with Gasteiger partial charge in [0.1, 0.15) is 5.56 Å². The molecule has 2 rings (SSSR count). The van der Waals surface area contributed by atoms with Crippen molar-refractivity contribution in [1.82, 2.24) is 14.8 Å². The van der Waals surface area contributed by atoms with Crippen LogP contribution in [0.2, 0.25) is 0 Å². The van der Waals surface area contributed by atoms with Gasteiger partial charge in [-0.15, -0.1) is 0 Å². The molecular weight excluding hydrogens is 315 g/mol. The van der Waals surface area contributed by atoms with Crippen LogP contribution in [0.25, 0.3) is 5.69 Å². The third kappa shape index (κ3) is 3.13. The summed E-state index contributed by atoms with van der Waals surface area (Å²) in [5.41, 5.74) is -1.37. The molecule has 2 heterocycles. The zero-order valence-electron chi connectivity index (χ0n) is 12.6. The first-order valence-electron chi connectivity index (χ1n) is 6.63. The van der Waals surface area contributed by atoms with Crippen LogP contribution in [-0.2, 0) is 10.9 Å². The molecule has 0 atom stereocenters. The van der Waals surface area contributed by atoms with E-state index in [1.807, 2.05) is 0 Å². The Morgan fingerprint density at radius 1 is 1.39 bits per heavy atom. The zero-order chi connectivity index (χ0) is 17.2. The molecule has 0 aliphatic heterocycles.